The molecule has 1 aliphatic heterocycles. The van der Waals surface area contributed by atoms with Crippen molar-refractivity contribution in [3.63, 3.8) is 0 Å². The van der Waals surface area contributed by atoms with Gasteiger partial charge in [0.15, 0.2) is 0 Å². The van der Waals surface area contributed by atoms with Gasteiger partial charge in [0.2, 0.25) is 15.9 Å². The summed E-state index contributed by atoms with van der Waals surface area (Å²) in [4.78, 5) is 29.3. The SMILES string of the molecule is O=C(Cn1cccnc1=O)N1CCN(S(=O)(=O)c2cccc(Br)c2)CC1. The number of sulfonamides is 1. The Kier molecular flexibility index (Phi) is 5.54. The minimum Gasteiger partial charge on any atom is -0.338 e. The zero-order valence-corrected chi connectivity index (χ0v) is 16.2. The van der Waals surface area contributed by atoms with Crippen LogP contribution in [0, 0.1) is 0 Å². The molecule has 1 aromatic heterocycles. The molecule has 2 heterocycles. The summed E-state index contributed by atoms with van der Waals surface area (Å²) in [6.45, 7) is 0.873. The van der Waals surface area contributed by atoms with Gasteiger partial charge in [-0.25, -0.2) is 18.2 Å². The molecule has 0 bridgehead atoms. The third-order valence-electron chi connectivity index (χ3n) is 4.11. The van der Waals surface area contributed by atoms with Crippen LogP contribution in [0.15, 0.2) is 56.9 Å². The second kappa shape index (κ2) is 7.68. The lowest BCUT2D eigenvalue weighted by Crippen LogP contribution is -2.51. The van der Waals surface area contributed by atoms with Crippen LogP contribution in [-0.4, -0.2) is 59.3 Å². The van der Waals surface area contributed by atoms with E-state index in [0.29, 0.717) is 4.47 Å². The van der Waals surface area contributed by atoms with Crippen molar-refractivity contribution in [2.24, 2.45) is 0 Å². The van der Waals surface area contributed by atoms with Crippen molar-refractivity contribution >= 4 is 31.9 Å². The number of amides is 1. The number of nitrogens with zero attached hydrogens (tertiary/aromatic N) is 4. The molecule has 26 heavy (non-hydrogen) atoms. The molecule has 2 aromatic rings. The molecular weight excluding hydrogens is 424 g/mol. The molecule has 1 saturated heterocycles. The van der Waals surface area contributed by atoms with Gasteiger partial charge < -0.3 is 4.90 Å². The molecule has 0 unspecified atom stereocenters. The Hall–Kier alpha value is -2.04. The lowest BCUT2D eigenvalue weighted by molar-refractivity contribution is -0.133. The summed E-state index contributed by atoms with van der Waals surface area (Å²) in [5.74, 6) is -0.236. The van der Waals surface area contributed by atoms with Gasteiger partial charge in [-0.3, -0.25) is 9.36 Å². The van der Waals surface area contributed by atoms with Crippen molar-refractivity contribution in [2.75, 3.05) is 26.2 Å². The molecule has 1 amide bonds. The van der Waals surface area contributed by atoms with Crippen LogP contribution < -0.4 is 5.69 Å². The van der Waals surface area contributed by atoms with Crippen LogP contribution in [-0.2, 0) is 21.4 Å². The highest BCUT2D eigenvalue weighted by atomic mass is 79.9. The first-order valence-corrected chi connectivity index (χ1v) is 10.2. The first kappa shape index (κ1) is 18.7. The van der Waals surface area contributed by atoms with Gasteiger partial charge in [0.25, 0.3) is 0 Å². The van der Waals surface area contributed by atoms with Gasteiger partial charge >= 0.3 is 5.69 Å². The highest BCUT2D eigenvalue weighted by Gasteiger charge is 2.30. The maximum Gasteiger partial charge on any atom is 0.347 e. The molecule has 0 saturated carbocycles. The minimum absolute atomic E-state index is 0.106. The van der Waals surface area contributed by atoms with Crippen LogP contribution in [0.25, 0.3) is 0 Å². The predicted molar refractivity (Wildman–Crippen MR) is 98.0 cm³/mol. The van der Waals surface area contributed by atoms with E-state index in [1.54, 1.807) is 35.2 Å². The number of carbonyl (C=O) groups excluding carboxylic acids is 1. The van der Waals surface area contributed by atoms with Gasteiger partial charge in [-0.1, -0.05) is 22.0 Å². The van der Waals surface area contributed by atoms with Crippen LogP contribution in [0.4, 0.5) is 0 Å². The number of aromatic nitrogens is 2. The first-order valence-electron chi connectivity index (χ1n) is 7.93. The van der Waals surface area contributed by atoms with E-state index in [1.807, 2.05) is 0 Å². The molecule has 1 aromatic carbocycles. The van der Waals surface area contributed by atoms with Gasteiger partial charge in [-0.2, -0.15) is 4.31 Å². The van der Waals surface area contributed by atoms with E-state index < -0.39 is 15.7 Å². The lowest BCUT2D eigenvalue weighted by Gasteiger charge is -2.34. The fourth-order valence-electron chi connectivity index (χ4n) is 2.71. The predicted octanol–water partition coefficient (Wildman–Crippen LogP) is 0.539. The third-order valence-corrected chi connectivity index (χ3v) is 6.50. The molecule has 0 N–H and O–H groups in total. The maximum absolute atomic E-state index is 12.7. The van der Waals surface area contributed by atoms with E-state index in [2.05, 4.69) is 20.9 Å². The van der Waals surface area contributed by atoms with E-state index in [1.165, 1.54) is 21.3 Å². The van der Waals surface area contributed by atoms with E-state index in [4.69, 9.17) is 0 Å². The Balaban J connectivity index is 1.64. The van der Waals surface area contributed by atoms with E-state index in [0.717, 1.165) is 0 Å². The van der Waals surface area contributed by atoms with Gasteiger partial charge in [0, 0.05) is 43.0 Å². The average molecular weight is 441 g/mol. The molecule has 10 heteroatoms. The molecule has 1 aliphatic rings. The summed E-state index contributed by atoms with van der Waals surface area (Å²) in [6.07, 6.45) is 2.87. The van der Waals surface area contributed by atoms with Crippen LogP contribution in [0.2, 0.25) is 0 Å². The largest absolute Gasteiger partial charge is 0.347 e. The van der Waals surface area contributed by atoms with Crippen molar-refractivity contribution in [2.45, 2.75) is 11.4 Å². The summed E-state index contributed by atoms with van der Waals surface area (Å²) < 4.78 is 28.7. The summed E-state index contributed by atoms with van der Waals surface area (Å²) in [7, 11) is -3.60. The van der Waals surface area contributed by atoms with E-state index in [9.17, 15) is 18.0 Å². The zero-order chi connectivity index (χ0) is 18.7. The lowest BCUT2D eigenvalue weighted by atomic mass is 10.3. The second-order valence-corrected chi connectivity index (χ2v) is 8.63. The van der Waals surface area contributed by atoms with Crippen molar-refractivity contribution in [3.8, 4) is 0 Å². The quantitative estimate of drug-likeness (QED) is 0.691. The Labute approximate surface area is 159 Å². The highest BCUT2D eigenvalue weighted by Crippen LogP contribution is 2.21. The summed E-state index contributed by atoms with van der Waals surface area (Å²) in [5, 5.41) is 0. The fourth-order valence-corrected chi connectivity index (χ4v) is 4.73. The molecule has 138 valence electrons. The third kappa shape index (κ3) is 4.02. The van der Waals surface area contributed by atoms with Crippen LogP contribution >= 0.6 is 15.9 Å². The Bertz CT molecular complexity index is 968. The summed E-state index contributed by atoms with van der Waals surface area (Å²) in [5.41, 5.74) is -0.489. The smallest absolute Gasteiger partial charge is 0.338 e. The number of halogens is 1. The molecule has 0 aliphatic carbocycles. The number of carbonyl (C=O) groups is 1. The summed E-state index contributed by atoms with van der Waals surface area (Å²) >= 11 is 3.28. The fraction of sp³-hybridized carbons (Fsp3) is 0.312. The highest BCUT2D eigenvalue weighted by molar-refractivity contribution is 9.10. The molecule has 8 nitrogen and oxygen atoms in total. The van der Waals surface area contributed by atoms with Gasteiger partial charge in [-0.15, -0.1) is 0 Å². The number of hydrogen-bond donors (Lipinski definition) is 0. The van der Waals surface area contributed by atoms with Crippen molar-refractivity contribution < 1.29 is 13.2 Å². The molecule has 0 radical (unpaired) electrons. The average Bonchev–Trinajstić information content (AvgIpc) is 2.63. The number of piperazine rings is 1. The molecule has 3 rings (SSSR count). The van der Waals surface area contributed by atoms with Crippen molar-refractivity contribution in [1.82, 2.24) is 18.8 Å². The normalized spacial score (nSPS) is 15.8. The summed E-state index contributed by atoms with van der Waals surface area (Å²) in [6, 6.07) is 8.11. The maximum atomic E-state index is 12.7. The number of hydrogen-bond acceptors (Lipinski definition) is 5. The Morgan fingerprint density at radius 2 is 1.88 bits per heavy atom. The molecule has 0 atom stereocenters. The van der Waals surface area contributed by atoms with Crippen LogP contribution in [0.5, 0.6) is 0 Å². The van der Waals surface area contributed by atoms with E-state index in [-0.39, 0.29) is 43.5 Å². The number of benzene rings is 1. The van der Waals surface area contributed by atoms with Crippen LogP contribution in [0.1, 0.15) is 0 Å². The Morgan fingerprint density at radius 3 is 2.54 bits per heavy atom. The van der Waals surface area contributed by atoms with Crippen molar-refractivity contribution in [3.05, 3.63) is 57.7 Å². The zero-order valence-electron chi connectivity index (χ0n) is 13.8. The van der Waals surface area contributed by atoms with E-state index >= 15 is 0 Å². The topological polar surface area (TPSA) is 92.6 Å². The second-order valence-electron chi connectivity index (χ2n) is 5.77. The van der Waals surface area contributed by atoms with Crippen LogP contribution in [0.3, 0.4) is 0 Å². The van der Waals surface area contributed by atoms with Gasteiger partial charge in [0.1, 0.15) is 6.54 Å². The van der Waals surface area contributed by atoms with Gasteiger partial charge in [0.05, 0.1) is 4.90 Å². The molecule has 0 spiro atoms. The first-order chi connectivity index (χ1) is 12.4. The Morgan fingerprint density at radius 1 is 1.15 bits per heavy atom. The number of rotatable bonds is 4. The molecule has 1 fully saturated rings. The minimum atomic E-state index is -3.60. The van der Waals surface area contributed by atoms with Gasteiger partial charge in [-0.05, 0) is 24.3 Å². The monoisotopic (exact) mass is 440 g/mol. The molecular formula is C16H17BrN4O4S. The standard InChI is InChI=1S/C16H17BrN4O4S/c17-13-3-1-4-14(11-13)26(24,25)21-9-7-19(8-10-21)15(22)12-20-6-2-5-18-16(20)23/h1-6,11H,7-10,12H2. The van der Waals surface area contributed by atoms with Crippen molar-refractivity contribution in [1.29, 1.82) is 0 Å².